The van der Waals surface area contributed by atoms with Crippen LogP contribution in [-0.2, 0) is 11.4 Å². The van der Waals surface area contributed by atoms with Crippen molar-refractivity contribution < 1.29 is 14.6 Å². The number of carbonyl (C=O) groups is 1. The number of ether oxygens (including phenoxy) is 1. The van der Waals surface area contributed by atoms with Gasteiger partial charge in [0.05, 0.1) is 0 Å². The molecule has 0 amide bonds. The zero-order chi connectivity index (χ0) is 16.9. The molecule has 0 saturated carbocycles. The highest BCUT2D eigenvalue weighted by atomic mass is 16.5. The van der Waals surface area contributed by atoms with Crippen LogP contribution in [0.1, 0.15) is 16.7 Å². The quantitative estimate of drug-likeness (QED) is 0.686. The van der Waals surface area contributed by atoms with Crippen LogP contribution in [0.25, 0.3) is 16.8 Å². The van der Waals surface area contributed by atoms with Crippen LogP contribution in [0, 0.1) is 6.92 Å². The van der Waals surface area contributed by atoms with Gasteiger partial charge in [-0.3, -0.25) is 0 Å². The van der Waals surface area contributed by atoms with Gasteiger partial charge in [0.25, 0.3) is 0 Å². The van der Waals surface area contributed by atoms with E-state index in [1.54, 1.807) is 6.08 Å². The van der Waals surface area contributed by atoms with Gasteiger partial charge in [0.1, 0.15) is 12.4 Å². The van der Waals surface area contributed by atoms with E-state index >= 15 is 0 Å². The molecule has 24 heavy (non-hydrogen) atoms. The first-order chi connectivity index (χ1) is 11.6. The normalized spacial score (nSPS) is 11.0. The number of rotatable bonds is 5. The summed E-state index contributed by atoms with van der Waals surface area (Å²) >= 11 is 0. The van der Waals surface area contributed by atoms with Crippen LogP contribution < -0.4 is 4.74 Å². The first-order valence-corrected chi connectivity index (χ1v) is 7.75. The standard InChI is InChI=1S/C21H18O3/c1-15-6-2-3-8-17(15)14-24-20-12-10-16-7-4-5-9-18(16)19(20)11-13-21(22)23/h2-13H,14H2,1H3,(H,22,23). The molecule has 0 saturated heterocycles. The molecule has 0 radical (unpaired) electrons. The molecule has 0 aliphatic carbocycles. The molecule has 120 valence electrons. The van der Waals surface area contributed by atoms with Gasteiger partial charge in [-0.25, -0.2) is 4.79 Å². The Kier molecular flexibility index (Phi) is 4.62. The fourth-order valence-corrected chi connectivity index (χ4v) is 2.66. The lowest BCUT2D eigenvalue weighted by Gasteiger charge is -2.13. The topological polar surface area (TPSA) is 46.5 Å². The summed E-state index contributed by atoms with van der Waals surface area (Å²) in [6.07, 6.45) is 2.74. The molecule has 0 heterocycles. The minimum atomic E-state index is -0.979. The number of carboxylic acid groups (broad SMARTS) is 1. The Morgan fingerprint density at radius 1 is 1.04 bits per heavy atom. The van der Waals surface area contributed by atoms with E-state index < -0.39 is 5.97 Å². The molecular weight excluding hydrogens is 300 g/mol. The van der Waals surface area contributed by atoms with Crippen molar-refractivity contribution in [3.05, 3.63) is 83.4 Å². The summed E-state index contributed by atoms with van der Waals surface area (Å²) in [6, 6.07) is 19.8. The molecule has 0 spiro atoms. The fraction of sp³-hybridized carbons (Fsp3) is 0.0952. The van der Waals surface area contributed by atoms with E-state index in [1.807, 2.05) is 67.6 Å². The van der Waals surface area contributed by atoms with Crippen LogP contribution in [-0.4, -0.2) is 11.1 Å². The Bertz CT molecular complexity index is 910. The van der Waals surface area contributed by atoms with Crippen molar-refractivity contribution in [2.45, 2.75) is 13.5 Å². The number of carboxylic acids is 1. The van der Waals surface area contributed by atoms with Gasteiger partial charge < -0.3 is 9.84 Å². The van der Waals surface area contributed by atoms with Crippen LogP contribution in [0.15, 0.2) is 66.7 Å². The first-order valence-electron chi connectivity index (χ1n) is 7.75. The maximum Gasteiger partial charge on any atom is 0.328 e. The zero-order valence-electron chi connectivity index (χ0n) is 13.4. The third kappa shape index (κ3) is 3.46. The summed E-state index contributed by atoms with van der Waals surface area (Å²) in [4.78, 5) is 10.9. The molecule has 0 unspecified atom stereocenters. The zero-order valence-corrected chi connectivity index (χ0v) is 13.4. The summed E-state index contributed by atoms with van der Waals surface area (Å²) in [5.41, 5.74) is 3.06. The minimum absolute atomic E-state index is 0.443. The average molecular weight is 318 g/mol. The van der Waals surface area contributed by atoms with E-state index in [0.717, 1.165) is 28.0 Å². The summed E-state index contributed by atoms with van der Waals surface area (Å²) < 4.78 is 6.00. The van der Waals surface area contributed by atoms with Crippen LogP contribution in [0.2, 0.25) is 0 Å². The van der Waals surface area contributed by atoms with Crippen molar-refractivity contribution in [3.63, 3.8) is 0 Å². The highest BCUT2D eigenvalue weighted by Crippen LogP contribution is 2.30. The van der Waals surface area contributed by atoms with Crippen molar-refractivity contribution in [1.29, 1.82) is 0 Å². The van der Waals surface area contributed by atoms with Crippen LogP contribution in [0.5, 0.6) is 5.75 Å². The van der Waals surface area contributed by atoms with Crippen molar-refractivity contribution in [2.24, 2.45) is 0 Å². The lowest BCUT2D eigenvalue weighted by molar-refractivity contribution is -0.131. The monoisotopic (exact) mass is 318 g/mol. The largest absolute Gasteiger partial charge is 0.488 e. The second-order valence-electron chi connectivity index (χ2n) is 5.59. The Hall–Kier alpha value is -3.07. The van der Waals surface area contributed by atoms with Gasteiger partial charge in [-0.05, 0) is 41.0 Å². The van der Waals surface area contributed by atoms with E-state index in [-0.39, 0.29) is 0 Å². The fourth-order valence-electron chi connectivity index (χ4n) is 2.66. The summed E-state index contributed by atoms with van der Waals surface area (Å²) in [5, 5.41) is 11.0. The number of aryl methyl sites for hydroxylation is 1. The summed E-state index contributed by atoms with van der Waals surface area (Å²) in [7, 11) is 0. The molecule has 3 aromatic carbocycles. The second-order valence-corrected chi connectivity index (χ2v) is 5.59. The van der Waals surface area contributed by atoms with Crippen molar-refractivity contribution in [1.82, 2.24) is 0 Å². The van der Waals surface area contributed by atoms with Crippen LogP contribution in [0.4, 0.5) is 0 Å². The second kappa shape index (κ2) is 7.01. The lowest BCUT2D eigenvalue weighted by Crippen LogP contribution is -1.99. The molecule has 0 atom stereocenters. The number of hydrogen-bond acceptors (Lipinski definition) is 2. The molecule has 3 heteroatoms. The molecule has 3 nitrogen and oxygen atoms in total. The molecule has 0 aliphatic heterocycles. The smallest absolute Gasteiger partial charge is 0.328 e. The van der Waals surface area contributed by atoms with Crippen molar-refractivity contribution >= 4 is 22.8 Å². The van der Waals surface area contributed by atoms with Crippen LogP contribution >= 0.6 is 0 Å². The van der Waals surface area contributed by atoms with E-state index in [0.29, 0.717) is 12.4 Å². The van der Waals surface area contributed by atoms with Gasteiger partial charge in [0.2, 0.25) is 0 Å². The Morgan fingerprint density at radius 2 is 1.79 bits per heavy atom. The van der Waals surface area contributed by atoms with Crippen molar-refractivity contribution in [3.8, 4) is 5.75 Å². The van der Waals surface area contributed by atoms with Gasteiger partial charge in [-0.15, -0.1) is 0 Å². The maximum atomic E-state index is 10.9. The van der Waals surface area contributed by atoms with E-state index in [2.05, 4.69) is 0 Å². The van der Waals surface area contributed by atoms with Gasteiger partial charge in [-0.1, -0.05) is 54.6 Å². The molecule has 0 bridgehead atoms. The van der Waals surface area contributed by atoms with Gasteiger partial charge in [-0.2, -0.15) is 0 Å². The lowest BCUT2D eigenvalue weighted by atomic mass is 10.0. The van der Waals surface area contributed by atoms with Crippen molar-refractivity contribution in [2.75, 3.05) is 0 Å². The van der Waals surface area contributed by atoms with Gasteiger partial charge in [0, 0.05) is 11.6 Å². The van der Waals surface area contributed by atoms with E-state index in [1.165, 1.54) is 5.56 Å². The van der Waals surface area contributed by atoms with E-state index in [9.17, 15) is 4.79 Å². The molecule has 0 aliphatic rings. The summed E-state index contributed by atoms with van der Waals surface area (Å²) in [6.45, 7) is 2.49. The van der Waals surface area contributed by atoms with Gasteiger partial charge >= 0.3 is 5.97 Å². The third-order valence-electron chi connectivity index (χ3n) is 3.97. The third-order valence-corrected chi connectivity index (χ3v) is 3.97. The average Bonchev–Trinajstić information content (AvgIpc) is 2.59. The predicted molar refractivity (Wildman–Crippen MR) is 96.1 cm³/mol. The molecule has 0 aromatic heterocycles. The number of fused-ring (bicyclic) bond motifs is 1. The highest BCUT2D eigenvalue weighted by molar-refractivity contribution is 5.96. The molecule has 1 N–H and O–H groups in total. The Labute approximate surface area is 140 Å². The maximum absolute atomic E-state index is 10.9. The molecule has 3 aromatic rings. The summed E-state index contributed by atoms with van der Waals surface area (Å²) in [5.74, 6) is -0.303. The number of hydrogen-bond donors (Lipinski definition) is 1. The Balaban J connectivity index is 1.99. The number of aliphatic carboxylic acids is 1. The molecular formula is C21H18O3. The minimum Gasteiger partial charge on any atom is -0.488 e. The molecule has 3 rings (SSSR count). The highest BCUT2D eigenvalue weighted by Gasteiger charge is 2.08. The van der Waals surface area contributed by atoms with E-state index in [4.69, 9.17) is 9.84 Å². The first kappa shape index (κ1) is 15.8. The number of benzene rings is 3. The Morgan fingerprint density at radius 3 is 2.58 bits per heavy atom. The molecule has 0 fully saturated rings. The van der Waals surface area contributed by atoms with Gasteiger partial charge in [0.15, 0.2) is 0 Å². The van der Waals surface area contributed by atoms with Crippen LogP contribution in [0.3, 0.4) is 0 Å². The predicted octanol–water partition coefficient (Wildman–Crippen LogP) is 4.83. The SMILES string of the molecule is Cc1ccccc1COc1ccc2ccccc2c1C=CC(=O)O.